The maximum Gasteiger partial charge on any atom is 0.163 e. The van der Waals surface area contributed by atoms with Gasteiger partial charge in [-0.25, -0.2) is 9.97 Å². The molecule has 1 aromatic carbocycles. The molecule has 0 unspecified atom stereocenters. The second-order valence-electron chi connectivity index (χ2n) is 4.89. The van der Waals surface area contributed by atoms with E-state index in [1.165, 1.54) is 5.56 Å². The summed E-state index contributed by atoms with van der Waals surface area (Å²) < 4.78 is 5.38. The Morgan fingerprint density at radius 1 is 1.19 bits per heavy atom. The molecule has 0 aliphatic carbocycles. The second-order valence-corrected chi connectivity index (χ2v) is 5.33. The van der Waals surface area contributed by atoms with Crippen LogP contribution in [0.3, 0.4) is 0 Å². The monoisotopic (exact) mass is 305 g/mol. The molecule has 0 fully saturated rings. The Labute approximate surface area is 130 Å². The lowest BCUT2D eigenvalue weighted by molar-refractivity contribution is 0.416. The average molecular weight is 306 g/mol. The highest BCUT2D eigenvalue weighted by Crippen LogP contribution is 2.31. The molecule has 5 heteroatoms. The van der Waals surface area contributed by atoms with Crippen LogP contribution in [0.1, 0.15) is 17.0 Å². The number of likely N-dealkylation sites (N-methyl/N-ethyl adjacent to an activating group) is 1. The zero-order valence-electron chi connectivity index (χ0n) is 12.8. The van der Waals surface area contributed by atoms with Crippen molar-refractivity contribution in [2.75, 3.05) is 20.7 Å². The van der Waals surface area contributed by atoms with E-state index in [1.54, 1.807) is 13.2 Å². The second kappa shape index (κ2) is 6.87. The van der Waals surface area contributed by atoms with E-state index in [4.69, 9.17) is 16.3 Å². The summed E-state index contributed by atoms with van der Waals surface area (Å²) in [6.45, 7) is 4.95. The van der Waals surface area contributed by atoms with Crippen LogP contribution in [0.15, 0.2) is 18.2 Å². The Morgan fingerprint density at radius 3 is 2.43 bits per heavy atom. The van der Waals surface area contributed by atoms with Gasteiger partial charge in [0.15, 0.2) is 5.82 Å². The third-order valence-corrected chi connectivity index (χ3v) is 3.69. The lowest BCUT2D eigenvalue weighted by Crippen LogP contribution is -2.13. The maximum atomic E-state index is 6.00. The Hall–Kier alpha value is -1.65. The smallest absolute Gasteiger partial charge is 0.163 e. The number of methoxy groups -OCH3 is 1. The minimum atomic E-state index is 0.634. The molecule has 0 amide bonds. The van der Waals surface area contributed by atoms with Crippen molar-refractivity contribution in [3.8, 4) is 17.1 Å². The van der Waals surface area contributed by atoms with Gasteiger partial charge >= 0.3 is 0 Å². The van der Waals surface area contributed by atoms with Crippen LogP contribution in [0.25, 0.3) is 11.4 Å². The summed E-state index contributed by atoms with van der Waals surface area (Å²) in [4.78, 5) is 9.27. The van der Waals surface area contributed by atoms with E-state index in [-0.39, 0.29) is 0 Å². The number of hydrogen-bond acceptors (Lipinski definition) is 4. The highest BCUT2D eigenvalue weighted by Gasteiger charge is 2.13. The highest BCUT2D eigenvalue weighted by molar-refractivity contribution is 6.30. The highest BCUT2D eigenvalue weighted by atomic mass is 35.5. The zero-order valence-corrected chi connectivity index (χ0v) is 13.6. The summed E-state index contributed by atoms with van der Waals surface area (Å²) in [5.41, 5.74) is 4.06. The van der Waals surface area contributed by atoms with Gasteiger partial charge in [0.1, 0.15) is 5.75 Å². The van der Waals surface area contributed by atoms with Crippen molar-refractivity contribution in [3.05, 3.63) is 40.2 Å². The first kappa shape index (κ1) is 15.7. The molecular weight excluding hydrogens is 286 g/mol. The van der Waals surface area contributed by atoms with Crippen LogP contribution in [0.2, 0.25) is 5.02 Å². The van der Waals surface area contributed by atoms with E-state index < -0.39 is 0 Å². The van der Waals surface area contributed by atoms with Crippen LogP contribution in [-0.2, 0) is 6.42 Å². The summed E-state index contributed by atoms with van der Waals surface area (Å²) in [7, 11) is 3.56. The lowest BCUT2D eigenvalue weighted by Gasteiger charge is -2.13. The Morgan fingerprint density at radius 2 is 1.86 bits per heavy atom. The Bertz CT molecular complexity index is 620. The third kappa shape index (κ3) is 3.52. The number of halogens is 1. The summed E-state index contributed by atoms with van der Waals surface area (Å²) in [5, 5.41) is 3.79. The molecule has 0 spiro atoms. The van der Waals surface area contributed by atoms with E-state index in [0.717, 1.165) is 29.9 Å². The van der Waals surface area contributed by atoms with Gasteiger partial charge in [-0.3, -0.25) is 0 Å². The lowest BCUT2D eigenvalue weighted by atomic mass is 10.1. The number of aryl methyl sites for hydroxylation is 2. The van der Waals surface area contributed by atoms with E-state index in [0.29, 0.717) is 16.6 Å². The third-order valence-electron chi connectivity index (χ3n) is 3.45. The number of rotatable bonds is 5. The molecule has 0 aliphatic rings. The van der Waals surface area contributed by atoms with Crippen molar-refractivity contribution in [2.24, 2.45) is 0 Å². The number of benzene rings is 1. The topological polar surface area (TPSA) is 47.0 Å². The van der Waals surface area contributed by atoms with Gasteiger partial charge in [-0.05, 0) is 57.6 Å². The predicted octanol–water partition coefficient (Wildman–Crippen LogP) is 3.18. The SMILES string of the molecule is CNCCc1c(C)nc(-c2ccc(Cl)cc2OC)nc1C. The molecule has 0 saturated heterocycles. The van der Waals surface area contributed by atoms with Crippen molar-refractivity contribution in [2.45, 2.75) is 20.3 Å². The number of aromatic nitrogens is 2. The summed E-state index contributed by atoms with van der Waals surface area (Å²) in [6.07, 6.45) is 0.923. The van der Waals surface area contributed by atoms with Gasteiger partial charge in [0, 0.05) is 16.4 Å². The minimum absolute atomic E-state index is 0.634. The van der Waals surface area contributed by atoms with Gasteiger partial charge in [0.05, 0.1) is 12.7 Å². The molecule has 1 aromatic heterocycles. The van der Waals surface area contributed by atoms with Gasteiger partial charge in [-0.15, -0.1) is 0 Å². The quantitative estimate of drug-likeness (QED) is 0.921. The van der Waals surface area contributed by atoms with Crippen molar-refractivity contribution in [1.29, 1.82) is 0 Å². The fourth-order valence-corrected chi connectivity index (χ4v) is 2.48. The molecule has 2 rings (SSSR count). The van der Waals surface area contributed by atoms with Crippen LogP contribution in [-0.4, -0.2) is 30.7 Å². The fraction of sp³-hybridized carbons (Fsp3) is 0.375. The Balaban J connectivity index is 2.46. The van der Waals surface area contributed by atoms with Crippen LogP contribution < -0.4 is 10.1 Å². The van der Waals surface area contributed by atoms with E-state index >= 15 is 0 Å². The first-order valence-corrected chi connectivity index (χ1v) is 7.27. The molecule has 2 aromatic rings. The number of ether oxygens (including phenoxy) is 1. The fourth-order valence-electron chi connectivity index (χ4n) is 2.32. The van der Waals surface area contributed by atoms with Crippen LogP contribution in [0, 0.1) is 13.8 Å². The normalized spacial score (nSPS) is 10.7. The van der Waals surface area contributed by atoms with Crippen molar-refractivity contribution < 1.29 is 4.74 Å². The van der Waals surface area contributed by atoms with Crippen LogP contribution >= 0.6 is 11.6 Å². The van der Waals surface area contributed by atoms with Crippen LogP contribution in [0.4, 0.5) is 0 Å². The van der Waals surface area contributed by atoms with Crippen LogP contribution in [0.5, 0.6) is 5.75 Å². The average Bonchev–Trinajstić information content (AvgIpc) is 2.46. The van der Waals surface area contributed by atoms with Crippen molar-refractivity contribution in [3.63, 3.8) is 0 Å². The van der Waals surface area contributed by atoms with E-state index in [2.05, 4.69) is 15.3 Å². The summed E-state index contributed by atoms with van der Waals surface area (Å²) in [5.74, 6) is 1.36. The molecule has 1 heterocycles. The largest absolute Gasteiger partial charge is 0.496 e. The predicted molar refractivity (Wildman–Crippen MR) is 86.1 cm³/mol. The zero-order chi connectivity index (χ0) is 15.4. The molecule has 0 aliphatic heterocycles. The minimum Gasteiger partial charge on any atom is -0.496 e. The van der Waals surface area contributed by atoms with Gasteiger partial charge in [0.2, 0.25) is 0 Å². The standard InChI is InChI=1S/C16H20ClN3O/c1-10-13(7-8-18-3)11(2)20-16(19-10)14-6-5-12(17)9-15(14)21-4/h5-6,9,18H,7-8H2,1-4H3. The van der Waals surface area contributed by atoms with E-state index in [1.807, 2.05) is 33.0 Å². The van der Waals surface area contributed by atoms with Gasteiger partial charge < -0.3 is 10.1 Å². The van der Waals surface area contributed by atoms with Gasteiger partial charge in [-0.2, -0.15) is 0 Å². The molecule has 21 heavy (non-hydrogen) atoms. The Kier molecular flexibility index (Phi) is 5.15. The number of nitrogens with one attached hydrogen (secondary N) is 1. The van der Waals surface area contributed by atoms with E-state index in [9.17, 15) is 0 Å². The molecule has 4 nitrogen and oxygen atoms in total. The maximum absolute atomic E-state index is 6.00. The van der Waals surface area contributed by atoms with Gasteiger partial charge in [0.25, 0.3) is 0 Å². The molecule has 0 saturated carbocycles. The first-order valence-electron chi connectivity index (χ1n) is 6.89. The molecule has 112 valence electrons. The van der Waals surface area contributed by atoms with Gasteiger partial charge in [-0.1, -0.05) is 11.6 Å². The molecular formula is C16H20ClN3O. The molecule has 0 atom stereocenters. The molecule has 1 N–H and O–H groups in total. The van der Waals surface area contributed by atoms with Crippen molar-refractivity contribution in [1.82, 2.24) is 15.3 Å². The molecule has 0 radical (unpaired) electrons. The van der Waals surface area contributed by atoms with Crippen molar-refractivity contribution >= 4 is 11.6 Å². The summed E-state index contributed by atoms with van der Waals surface area (Å²) in [6, 6.07) is 5.49. The first-order chi connectivity index (χ1) is 10.1. The number of nitrogens with zero attached hydrogens (tertiary/aromatic N) is 2. The molecule has 0 bridgehead atoms. The number of hydrogen-bond donors (Lipinski definition) is 1. The summed E-state index contributed by atoms with van der Waals surface area (Å²) >= 11 is 6.00.